The molecule has 0 aromatic carbocycles. The third-order valence-electron chi connectivity index (χ3n) is 2.08. The minimum atomic E-state index is -1.91. The van der Waals surface area contributed by atoms with Crippen molar-refractivity contribution >= 4 is 35.1 Å². The molecule has 0 aliphatic rings. The number of carboxylic acids is 2. The van der Waals surface area contributed by atoms with Crippen LogP contribution in [-0.4, -0.2) is 33.9 Å². The zero-order valence-electron chi connectivity index (χ0n) is 6.96. The Morgan fingerprint density at radius 3 is 1.62 bits per heavy atom. The second kappa shape index (κ2) is 4.67. The average molecular weight is 229 g/mol. The maximum atomic E-state index is 10.7. The summed E-state index contributed by atoms with van der Waals surface area (Å²) in [6.45, 7) is 1.10. The van der Waals surface area contributed by atoms with Crippen LogP contribution >= 0.6 is 23.2 Å². The fourth-order valence-electron chi connectivity index (χ4n) is 0.791. The SMILES string of the molecule is CC(C(=O)O)(C(=O)O)C(CCl)CCl. The molecule has 0 aliphatic heterocycles. The van der Waals surface area contributed by atoms with E-state index >= 15 is 0 Å². The zero-order valence-corrected chi connectivity index (χ0v) is 8.47. The molecule has 0 rings (SSSR count). The molecule has 0 aromatic heterocycles. The fourth-order valence-corrected chi connectivity index (χ4v) is 1.74. The van der Waals surface area contributed by atoms with Gasteiger partial charge in [-0.15, -0.1) is 23.2 Å². The summed E-state index contributed by atoms with van der Waals surface area (Å²) >= 11 is 10.9. The van der Waals surface area contributed by atoms with Crippen molar-refractivity contribution in [2.24, 2.45) is 11.3 Å². The summed E-state index contributed by atoms with van der Waals surface area (Å²) in [5.41, 5.74) is -1.91. The van der Waals surface area contributed by atoms with Crippen molar-refractivity contribution in [1.82, 2.24) is 0 Å². The number of hydrogen-bond acceptors (Lipinski definition) is 2. The second-order valence-electron chi connectivity index (χ2n) is 2.82. The molecule has 13 heavy (non-hydrogen) atoms. The molecule has 0 fully saturated rings. The molecular weight excluding hydrogens is 219 g/mol. The highest BCUT2D eigenvalue weighted by Crippen LogP contribution is 2.30. The Morgan fingerprint density at radius 2 is 1.54 bits per heavy atom. The number of carboxylic acid groups (broad SMARTS) is 2. The van der Waals surface area contributed by atoms with Crippen LogP contribution in [0.25, 0.3) is 0 Å². The molecule has 6 heteroatoms. The predicted molar refractivity (Wildman–Crippen MR) is 48.3 cm³/mol. The first kappa shape index (κ1) is 12.5. The molecule has 0 heterocycles. The van der Waals surface area contributed by atoms with Gasteiger partial charge >= 0.3 is 11.9 Å². The summed E-state index contributed by atoms with van der Waals surface area (Å²) in [5.74, 6) is -3.83. The van der Waals surface area contributed by atoms with E-state index < -0.39 is 23.3 Å². The van der Waals surface area contributed by atoms with Gasteiger partial charge in [0.05, 0.1) is 0 Å². The van der Waals surface area contributed by atoms with Crippen LogP contribution < -0.4 is 0 Å². The van der Waals surface area contributed by atoms with Crippen LogP contribution in [0.5, 0.6) is 0 Å². The maximum Gasteiger partial charge on any atom is 0.321 e. The van der Waals surface area contributed by atoms with Crippen molar-refractivity contribution in [2.45, 2.75) is 6.92 Å². The van der Waals surface area contributed by atoms with Gasteiger partial charge in [-0.05, 0) is 6.92 Å². The quantitative estimate of drug-likeness (QED) is 0.549. The molecule has 0 saturated carbocycles. The third-order valence-corrected chi connectivity index (χ3v) is 2.82. The van der Waals surface area contributed by atoms with Crippen LogP contribution in [0, 0.1) is 11.3 Å². The minimum Gasteiger partial charge on any atom is -0.480 e. The van der Waals surface area contributed by atoms with Gasteiger partial charge in [0, 0.05) is 17.7 Å². The smallest absolute Gasteiger partial charge is 0.321 e. The normalized spacial score (nSPS) is 11.7. The predicted octanol–water partition coefficient (Wildman–Crippen LogP) is 1.26. The van der Waals surface area contributed by atoms with E-state index in [9.17, 15) is 9.59 Å². The Bertz CT molecular complexity index is 199. The molecule has 0 unspecified atom stereocenters. The molecule has 0 aliphatic carbocycles. The van der Waals surface area contributed by atoms with Crippen molar-refractivity contribution in [3.05, 3.63) is 0 Å². The number of aliphatic carboxylic acids is 2. The summed E-state index contributed by atoms with van der Waals surface area (Å²) < 4.78 is 0. The zero-order chi connectivity index (χ0) is 10.6. The Morgan fingerprint density at radius 1 is 1.23 bits per heavy atom. The van der Waals surface area contributed by atoms with Crippen LogP contribution in [0.1, 0.15) is 6.92 Å². The van der Waals surface area contributed by atoms with E-state index in [1.54, 1.807) is 0 Å². The highest BCUT2D eigenvalue weighted by atomic mass is 35.5. The van der Waals surface area contributed by atoms with Gasteiger partial charge in [0.1, 0.15) is 0 Å². The van der Waals surface area contributed by atoms with E-state index in [1.165, 1.54) is 0 Å². The van der Waals surface area contributed by atoms with Gasteiger partial charge in [0.2, 0.25) is 0 Å². The monoisotopic (exact) mass is 228 g/mol. The van der Waals surface area contributed by atoms with Gasteiger partial charge in [0.25, 0.3) is 0 Å². The van der Waals surface area contributed by atoms with E-state index in [2.05, 4.69) is 0 Å². The van der Waals surface area contributed by atoms with Gasteiger partial charge in [-0.1, -0.05) is 0 Å². The summed E-state index contributed by atoms with van der Waals surface area (Å²) in [4.78, 5) is 21.4. The summed E-state index contributed by atoms with van der Waals surface area (Å²) in [7, 11) is 0. The fraction of sp³-hybridized carbons (Fsp3) is 0.714. The molecule has 0 atom stereocenters. The highest BCUT2D eigenvalue weighted by molar-refractivity contribution is 6.21. The highest BCUT2D eigenvalue weighted by Gasteiger charge is 2.47. The van der Waals surface area contributed by atoms with E-state index in [-0.39, 0.29) is 11.8 Å². The lowest BCUT2D eigenvalue weighted by molar-refractivity contribution is -0.166. The largest absolute Gasteiger partial charge is 0.480 e. The standard InChI is InChI=1S/C7H10Cl2O4/c1-7(5(10)11,6(12)13)4(2-8)3-9/h4H,2-3H2,1H3,(H,10,11)(H,12,13). The molecule has 2 N–H and O–H groups in total. The topological polar surface area (TPSA) is 74.6 Å². The number of rotatable bonds is 5. The summed E-state index contributed by atoms with van der Waals surface area (Å²) in [6, 6.07) is 0. The summed E-state index contributed by atoms with van der Waals surface area (Å²) in [6.07, 6.45) is 0. The maximum absolute atomic E-state index is 10.7. The van der Waals surface area contributed by atoms with Crippen LogP contribution in [0.4, 0.5) is 0 Å². The average Bonchev–Trinajstić information content (AvgIpc) is 2.05. The van der Waals surface area contributed by atoms with E-state index in [4.69, 9.17) is 33.4 Å². The van der Waals surface area contributed by atoms with Crippen molar-refractivity contribution < 1.29 is 19.8 Å². The third kappa shape index (κ3) is 2.25. The molecular formula is C7H10Cl2O4. The molecule has 0 bridgehead atoms. The first-order chi connectivity index (χ1) is 5.91. The Hall–Kier alpha value is -0.480. The lowest BCUT2D eigenvalue weighted by Crippen LogP contribution is -2.44. The van der Waals surface area contributed by atoms with Gasteiger partial charge in [-0.3, -0.25) is 9.59 Å². The number of halogens is 2. The first-order valence-corrected chi connectivity index (χ1v) is 4.56. The molecule has 0 amide bonds. The van der Waals surface area contributed by atoms with E-state index in [1.807, 2.05) is 0 Å². The summed E-state index contributed by atoms with van der Waals surface area (Å²) in [5, 5.41) is 17.5. The van der Waals surface area contributed by atoms with E-state index in [0.29, 0.717) is 0 Å². The molecule has 0 radical (unpaired) electrons. The van der Waals surface area contributed by atoms with Gasteiger partial charge in [0.15, 0.2) is 5.41 Å². The Labute approximate surface area is 85.4 Å². The van der Waals surface area contributed by atoms with Crippen LogP contribution in [0.15, 0.2) is 0 Å². The molecule has 4 nitrogen and oxygen atoms in total. The van der Waals surface area contributed by atoms with Crippen molar-refractivity contribution in [2.75, 3.05) is 11.8 Å². The Kier molecular flexibility index (Phi) is 4.50. The number of hydrogen-bond donors (Lipinski definition) is 2. The number of carbonyl (C=O) groups is 2. The first-order valence-electron chi connectivity index (χ1n) is 3.50. The Balaban J connectivity index is 4.98. The van der Waals surface area contributed by atoms with Crippen LogP contribution in [0.2, 0.25) is 0 Å². The van der Waals surface area contributed by atoms with E-state index in [0.717, 1.165) is 6.92 Å². The second-order valence-corrected chi connectivity index (χ2v) is 3.44. The van der Waals surface area contributed by atoms with Gasteiger partial charge in [-0.25, -0.2) is 0 Å². The van der Waals surface area contributed by atoms with Gasteiger partial charge in [-0.2, -0.15) is 0 Å². The number of alkyl halides is 2. The van der Waals surface area contributed by atoms with Crippen LogP contribution in [0.3, 0.4) is 0 Å². The minimum absolute atomic E-state index is 0.0986. The molecule has 76 valence electrons. The van der Waals surface area contributed by atoms with Crippen molar-refractivity contribution in [1.29, 1.82) is 0 Å². The van der Waals surface area contributed by atoms with Crippen molar-refractivity contribution in [3.63, 3.8) is 0 Å². The lowest BCUT2D eigenvalue weighted by atomic mass is 9.79. The van der Waals surface area contributed by atoms with Gasteiger partial charge < -0.3 is 10.2 Å². The molecule has 0 spiro atoms. The molecule has 0 saturated heterocycles. The van der Waals surface area contributed by atoms with Crippen LogP contribution in [-0.2, 0) is 9.59 Å². The van der Waals surface area contributed by atoms with Crippen molar-refractivity contribution in [3.8, 4) is 0 Å². The molecule has 0 aromatic rings. The lowest BCUT2D eigenvalue weighted by Gasteiger charge is -2.26.